The van der Waals surface area contributed by atoms with E-state index in [0.29, 0.717) is 6.54 Å². The lowest BCUT2D eigenvalue weighted by Gasteiger charge is -2.17. The number of amides is 1. The number of nitrogens with one attached hydrogen (secondary N) is 2. The minimum atomic E-state index is -0.0283. The summed E-state index contributed by atoms with van der Waals surface area (Å²) in [5.41, 5.74) is 2.15. The minimum absolute atomic E-state index is 0. The van der Waals surface area contributed by atoms with E-state index in [9.17, 15) is 4.79 Å². The maximum Gasteiger partial charge on any atom is 0.224 e. The Balaban J connectivity index is 0.00000289. The van der Waals surface area contributed by atoms with Gasteiger partial charge in [0.25, 0.3) is 0 Å². The molecule has 2 atom stereocenters. The van der Waals surface area contributed by atoms with Crippen molar-refractivity contribution in [3.05, 3.63) is 17.5 Å². The first-order chi connectivity index (χ1) is 7.97. The van der Waals surface area contributed by atoms with Crippen LogP contribution in [0.15, 0.2) is 6.20 Å². The smallest absolute Gasteiger partial charge is 0.224 e. The second-order valence-corrected chi connectivity index (χ2v) is 4.50. The Morgan fingerprint density at radius 2 is 2.11 bits per heavy atom. The van der Waals surface area contributed by atoms with Crippen molar-refractivity contribution in [2.24, 2.45) is 13.0 Å². The van der Waals surface area contributed by atoms with Crippen molar-refractivity contribution in [1.82, 2.24) is 20.4 Å². The first-order valence-electron chi connectivity index (χ1n) is 5.90. The summed E-state index contributed by atoms with van der Waals surface area (Å²) in [7, 11) is 3.75. The van der Waals surface area contributed by atoms with Gasteiger partial charge in [-0.3, -0.25) is 9.48 Å². The molecule has 2 unspecified atom stereocenters. The average Bonchev–Trinajstić information content (AvgIpc) is 2.60. The second-order valence-electron chi connectivity index (χ2n) is 4.50. The molecule has 5 nitrogen and oxygen atoms in total. The van der Waals surface area contributed by atoms with Gasteiger partial charge in [0, 0.05) is 30.8 Å². The van der Waals surface area contributed by atoms with Crippen LogP contribution in [0.1, 0.15) is 31.1 Å². The summed E-state index contributed by atoms with van der Waals surface area (Å²) in [5.74, 6) is 0.0366. The predicted molar refractivity (Wildman–Crippen MR) is 74.8 cm³/mol. The molecule has 0 aliphatic heterocycles. The minimum Gasteiger partial charge on any atom is -0.349 e. The highest BCUT2D eigenvalue weighted by Gasteiger charge is 2.17. The van der Waals surface area contributed by atoms with Crippen LogP contribution >= 0.6 is 12.4 Å². The van der Waals surface area contributed by atoms with Crippen LogP contribution in [0.25, 0.3) is 0 Å². The molecule has 1 aromatic rings. The number of carbonyl (C=O) groups is 1. The van der Waals surface area contributed by atoms with E-state index in [1.165, 1.54) is 0 Å². The first-order valence-corrected chi connectivity index (χ1v) is 5.90. The van der Waals surface area contributed by atoms with E-state index < -0.39 is 0 Å². The molecule has 0 aromatic carbocycles. The van der Waals surface area contributed by atoms with Gasteiger partial charge in [0.1, 0.15) is 0 Å². The van der Waals surface area contributed by atoms with Crippen LogP contribution in [0.2, 0.25) is 0 Å². The van der Waals surface area contributed by atoms with Crippen LogP contribution in [-0.4, -0.2) is 29.3 Å². The number of hydrogen-bond donors (Lipinski definition) is 2. The number of carbonyl (C=O) groups excluding carboxylic acids is 1. The molecule has 1 heterocycles. The topological polar surface area (TPSA) is 59.0 Å². The zero-order valence-corrected chi connectivity index (χ0v) is 12.5. The van der Waals surface area contributed by atoms with Crippen LogP contribution in [-0.2, 0) is 11.8 Å². The molecule has 1 rings (SSSR count). The zero-order chi connectivity index (χ0) is 13.0. The Morgan fingerprint density at radius 1 is 1.50 bits per heavy atom. The Bertz CT molecular complexity index is 391. The Labute approximate surface area is 115 Å². The summed E-state index contributed by atoms with van der Waals surface area (Å²) >= 11 is 0. The van der Waals surface area contributed by atoms with Gasteiger partial charge in [0.2, 0.25) is 5.91 Å². The average molecular weight is 275 g/mol. The van der Waals surface area contributed by atoms with Gasteiger partial charge < -0.3 is 10.6 Å². The summed E-state index contributed by atoms with van der Waals surface area (Å²) < 4.78 is 1.81. The SMILES string of the molecule is CNCC(C)C(=O)NC(C)c1cnn(C)c1C.Cl. The molecular weight excluding hydrogens is 252 g/mol. The van der Waals surface area contributed by atoms with Crippen molar-refractivity contribution in [2.75, 3.05) is 13.6 Å². The van der Waals surface area contributed by atoms with E-state index in [4.69, 9.17) is 0 Å². The van der Waals surface area contributed by atoms with E-state index in [-0.39, 0.29) is 30.3 Å². The van der Waals surface area contributed by atoms with Gasteiger partial charge in [0.05, 0.1) is 12.2 Å². The molecule has 1 amide bonds. The van der Waals surface area contributed by atoms with Gasteiger partial charge in [-0.2, -0.15) is 5.10 Å². The quantitative estimate of drug-likeness (QED) is 0.848. The molecule has 0 saturated heterocycles. The number of rotatable bonds is 5. The Morgan fingerprint density at radius 3 is 2.56 bits per heavy atom. The maximum absolute atomic E-state index is 11.9. The van der Waals surface area contributed by atoms with Crippen LogP contribution in [0.4, 0.5) is 0 Å². The fourth-order valence-electron chi connectivity index (χ4n) is 1.77. The molecule has 0 spiro atoms. The van der Waals surface area contributed by atoms with Crippen molar-refractivity contribution in [2.45, 2.75) is 26.8 Å². The highest BCUT2D eigenvalue weighted by molar-refractivity contribution is 5.85. The van der Waals surface area contributed by atoms with Gasteiger partial charge in [-0.15, -0.1) is 12.4 Å². The fraction of sp³-hybridized carbons (Fsp3) is 0.667. The van der Waals surface area contributed by atoms with Crippen LogP contribution < -0.4 is 10.6 Å². The van der Waals surface area contributed by atoms with E-state index in [1.54, 1.807) is 0 Å². The van der Waals surface area contributed by atoms with Crippen molar-refractivity contribution in [3.63, 3.8) is 0 Å². The van der Waals surface area contributed by atoms with E-state index in [0.717, 1.165) is 11.3 Å². The van der Waals surface area contributed by atoms with Gasteiger partial charge in [-0.25, -0.2) is 0 Å². The maximum atomic E-state index is 11.9. The standard InChI is InChI=1S/C12H22N4O.ClH/c1-8(6-13-4)12(17)15-9(2)11-7-14-16(5)10(11)3;/h7-9,13H,6H2,1-5H3,(H,15,17);1H. The highest BCUT2D eigenvalue weighted by Crippen LogP contribution is 2.16. The molecule has 0 aliphatic rings. The number of hydrogen-bond acceptors (Lipinski definition) is 3. The molecule has 2 N–H and O–H groups in total. The lowest BCUT2D eigenvalue weighted by molar-refractivity contribution is -0.125. The van der Waals surface area contributed by atoms with Gasteiger partial charge in [-0.1, -0.05) is 6.92 Å². The van der Waals surface area contributed by atoms with Crippen LogP contribution in [0.3, 0.4) is 0 Å². The van der Waals surface area contributed by atoms with E-state index in [2.05, 4.69) is 15.7 Å². The van der Waals surface area contributed by atoms with Gasteiger partial charge >= 0.3 is 0 Å². The fourth-order valence-corrected chi connectivity index (χ4v) is 1.77. The van der Waals surface area contributed by atoms with Crippen molar-refractivity contribution < 1.29 is 4.79 Å². The third-order valence-electron chi connectivity index (χ3n) is 3.06. The molecule has 0 bridgehead atoms. The normalized spacial score (nSPS) is 13.6. The summed E-state index contributed by atoms with van der Waals surface area (Å²) in [4.78, 5) is 11.9. The largest absolute Gasteiger partial charge is 0.349 e. The van der Waals surface area contributed by atoms with Crippen molar-refractivity contribution in [1.29, 1.82) is 0 Å². The molecule has 18 heavy (non-hydrogen) atoms. The van der Waals surface area contributed by atoms with Crippen LogP contribution in [0, 0.1) is 12.8 Å². The molecule has 6 heteroatoms. The third kappa shape index (κ3) is 3.99. The van der Waals surface area contributed by atoms with E-state index in [1.807, 2.05) is 45.7 Å². The molecule has 0 radical (unpaired) electrons. The summed E-state index contributed by atoms with van der Waals surface area (Å²) in [5, 5.41) is 10.2. The molecular formula is C12H23ClN4O. The van der Waals surface area contributed by atoms with Gasteiger partial charge in [-0.05, 0) is 20.9 Å². The Hall–Kier alpha value is -1.07. The lowest BCUT2D eigenvalue weighted by atomic mass is 10.1. The predicted octanol–water partition coefficient (Wildman–Crippen LogP) is 1.18. The van der Waals surface area contributed by atoms with E-state index >= 15 is 0 Å². The lowest BCUT2D eigenvalue weighted by Crippen LogP contribution is -2.35. The monoisotopic (exact) mass is 274 g/mol. The number of aromatic nitrogens is 2. The summed E-state index contributed by atoms with van der Waals surface area (Å²) in [6.07, 6.45) is 1.81. The molecule has 0 fully saturated rings. The van der Waals surface area contributed by atoms with Crippen molar-refractivity contribution >= 4 is 18.3 Å². The summed E-state index contributed by atoms with van der Waals surface area (Å²) in [6, 6.07) is -0.00416. The summed E-state index contributed by atoms with van der Waals surface area (Å²) in [6.45, 7) is 6.58. The van der Waals surface area contributed by atoms with Crippen LogP contribution in [0.5, 0.6) is 0 Å². The number of aryl methyl sites for hydroxylation is 1. The van der Waals surface area contributed by atoms with Gasteiger partial charge in [0.15, 0.2) is 0 Å². The zero-order valence-electron chi connectivity index (χ0n) is 11.7. The first kappa shape index (κ1) is 16.9. The molecule has 104 valence electrons. The van der Waals surface area contributed by atoms with Crippen molar-refractivity contribution in [3.8, 4) is 0 Å². The second kappa shape index (κ2) is 7.38. The highest BCUT2D eigenvalue weighted by atomic mass is 35.5. The number of nitrogens with zero attached hydrogens (tertiary/aromatic N) is 2. The molecule has 0 aliphatic carbocycles. The molecule has 0 saturated carbocycles. The number of halogens is 1. The Kier molecular flexibility index (Phi) is 6.94. The third-order valence-corrected chi connectivity index (χ3v) is 3.06. The molecule has 1 aromatic heterocycles.